The van der Waals surface area contributed by atoms with Gasteiger partial charge in [0.25, 0.3) is 0 Å². The number of carbonyl (C=O) groups excluding carboxylic acids is 1. The average molecular weight is 322 g/mol. The zero-order chi connectivity index (χ0) is 14.0. The Balaban J connectivity index is 2.26. The molecule has 0 aliphatic carbocycles. The molecule has 2 rings (SSSR count). The number of allylic oxidation sites excluding steroid dienone is 4. The van der Waals surface area contributed by atoms with Crippen LogP contribution in [0.25, 0.3) is 0 Å². The first kappa shape index (κ1) is 13.7. The number of nitro groups is 1. The van der Waals surface area contributed by atoms with Gasteiger partial charge in [-0.2, -0.15) is 0 Å². The maximum absolute atomic E-state index is 12.3. The van der Waals surface area contributed by atoms with Crippen molar-refractivity contribution in [3.8, 4) is 0 Å². The van der Waals surface area contributed by atoms with Gasteiger partial charge in [0.2, 0.25) is 0 Å². The summed E-state index contributed by atoms with van der Waals surface area (Å²) in [4.78, 5) is 22.4. The Kier molecular flexibility index (Phi) is 3.98. The number of nitrogens with zero attached hydrogens (tertiary/aromatic N) is 1. The van der Waals surface area contributed by atoms with Crippen molar-refractivity contribution in [2.45, 2.75) is 19.2 Å². The molecular weight excluding hydrogens is 309 g/mol. The molecule has 4 nitrogen and oxygen atoms in total. The van der Waals surface area contributed by atoms with Gasteiger partial charge in [-0.15, -0.1) is 0 Å². The number of carbonyl (C=O) groups is 1. The molecule has 5 heteroatoms. The molecule has 1 aliphatic heterocycles. The van der Waals surface area contributed by atoms with Crippen LogP contribution in [0.1, 0.15) is 24.2 Å². The fourth-order valence-corrected chi connectivity index (χ4v) is 4.00. The van der Waals surface area contributed by atoms with Crippen molar-refractivity contribution in [3.05, 3.63) is 61.6 Å². The van der Waals surface area contributed by atoms with Crippen LogP contribution >= 0.6 is 0 Å². The van der Waals surface area contributed by atoms with Crippen molar-refractivity contribution < 1.29 is 9.72 Å². The Labute approximate surface area is 117 Å². The molecule has 0 radical (unpaired) electrons. The molecular formula is C14H13NO3Se. The van der Waals surface area contributed by atoms with Gasteiger partial charge in [-0.3, -0.25) is 0 Å². The van der Waals surface area contributed by atoms with E-state index in [1.54, 1.807) is 0 Å². The summed E-state index contributed by atoms with van der Waals surface area (Å²) in [6.45, 7) is 4.09. The van der Waals surface area contributed by atoms with Gasteiger partial charge in [0.05, 0.1) is 0 Å². The third-order valence-electron chi connectivity index (χ3n) is 3.03. The Bertz CT molecular complexity index is 600. The number of benzene rings is 1. The molecule has 0 saturated carbocycles. The molecule has 0 N–H and O–H groups in total. The zero-order valence-corrected chi connectivity index (χ0v) is 12.4. The molecule has 19 heavy (non-hydrogen) atoms. The van der Waals surface area contributed by atoms with Gasteiger partial charge in [-0.1, -0.05) is 0 Å². The average Bonchev–Trinajstić information content (AvgIpc) is 2.41. The second kappa shape index (κ2) is 5.51. The van der Waals surface area contributed by atoms with E-state index in [1.807, 2.05) is 13.0 Å². The Morgan fingerprint density at radius 3 is 2.42 bits per heavy atom. The molecule has 0 saturated heterocycles. The number of Topliss-reactive ketones (excluding diaryl/α,β-unsaturated/α-hetero) is 1. The number of non-ortho nitro benzene ring substituents is 1. The minimum atomic E-state index is -0.464. The summed E-state index contributed by atoms with van der Waals surface area (Å²) in [5.41, 5.74) is 3.01. The minimum absolute atomic E-state index is 0.00612. The molecule has 1 aliphatic rings. The number of rotatable bonds is 3. The van der Waals surface area contributed by atoms with E-state index in [0.717, 1.165) is 15.4 Å². The molecule has 1 heterocycles. The SMILES string of the molecule is CC1=C(C)C[Se]C(C(=O)c2ccc([N+](=O)[O-])cc2)=C1. The molecule has 1 aromatic carbocycles. The van der Waals surface area contributed by atoms with E-state index in [9.17, 15) is 14.9 Å². The number of ketones is 1. The van der Waals surface area contributed by atoms with Crippen LogP contribution in [-0.2, 0) is 0 Å². The monoisotopic (exact) mass is 323 g/mol. The fourth-order valence-electron chi connectivity index (χ4n) is 1.67. The van der Waals surface area contributed by atoms with Crippen LogP contribution < -0.4 is 0 Å². The van der Waals surface area contributed by atoms with Crippen molar-refractivity contribution in [2.24, 2.45) is 0 Å². The summed E-state index contributed by atoms with van der Waals surface area (Å²) in [5, 5.41) is 11.5. The standard InChI is InChI=1S/C14H13NO3Se/c1-9-7-13(19-8-10(9)2)14(16)11-3-5-12(6-4-11)15(17)18/h3-7H,8H2,1-2H3. The van der Waals surface area contributed by atoms with Crippen LogP contribution in [0.2, 0.25) is 5.32 Å². The molecule has 0 atom stereocenters. The van der Waals surface area contributed by atoms with Gasteiger partial charge >= 0.3 is 117 Å². The zero-order valence-electron chi connectivity index (χ0n) is 10.7. The van der Waals surface area contributed by atoms with E-state index in [2.05, 4.69) is 6.92 Å². The van der Waals surface area contributed by atoms with Gasteiger partial charge in [-0.25, -0.2) is 0 Å². The Hall–Kier alpha value is -1.71. The van der Waals surface area contributed by atoms with E-state index in [-0.39, 0.29) is 26.4 Å². The summed E-state index contributed by atoms with van der Waals surface area (Å²) in [5.74, 6) is -0.0123. The van der Waals surface area contributed by atoms with Crippen molar-refractivity contribution in [1.82, 2.24) is 0 Å². The summed E-state index contributed by atoms with van der Waals surface area (Å²) < 4.78 is 0.837. The summed E-state index contributed by atoms with van der Waals surface area (Å²) in [7, 11) is 0. The van der Waals surface area contributed by atoms with E-state index in [4.69, 9.17) is 0 Å². The van der Waals surface area contributed by atoms with Crippen LogP contribution in [0, 0.1) is 10.1 Å². The first-order valence-corrected chi connectivity index (χ1v) is 7.86. The molecule has 0 unspecified atom stereocenters. The van der Waals surface area contributed by atoms with Crippen LogP contribution in [-0.4, -0.2) is 25.7 Å². The van der Waals surface area contributed by atoms with E-state index < -0.39 is 4.92 Å². The molecule has 0 spiro atoms. The first-order valence-electron chi connectivity index (χ1n) is 5.79. The van der Waals surface area contributed by atoms with E-state index in [0.29, 0.717) is 5.56 Å². The third kappa shape index (κ3) is 3.00. The van der Waals surface area contributed by atoms with Crippen LogP contribution in [0.5, 0.6) is 0 Å². The van der Waals surface area contributed by atoms with Crippen molar-refractivity contribution in [3.63, 3.8) is 0 Å². The second-order valence-corrected chi connectivity index (χ2v) is 6.53. The molecule has 0 amide bonds. The van der Waals surface area contributed by atoms with Gasteiger partial charge in [0, 0.05) is 0 Å². The van der Waals surface area contributed by atoms with Gasteiger partial charge < -0.3 is 0 Å². The summed E-state index contributed by atoms with van der Waals surface area (Å²) >= 11 is 0.155. The predicted octanol–water partition coefficient (Wildman–Crippen LogP) is 3.13. The molecule has 98 valence electrons. The Morgan fingerprint density at radius 2 is 1.89 bits per heavy atom. The number of hydrogen-bond acceptors (Lipinski definition) is 3. The summed E-state index contributed by atoms with van der Waals surface area (Å²) in [6, 6.07) is 5.80. The van der Waals surface area contributed by atoms with Crippen molar-refractivity contribution >= 4 is 26.4 Å². The Morgan fingerprint density at radius 1 is 1.26 bits per heavy atom. The predicted molar refractivity (Wildman–Crippen MR) is 74.4 cm³/mol. The fraction of sp³-hybridized carbons (Fsp3) is 0.214. The van der Waals surface area contributed by atoms with Crippen LogP contribution in [0.3, 0.4) is 0 Å². The molecule has 0 fully saturated rings. The number of nitro benzene ring substituents is 1. The quantitative estimate of drug-likeness (QED) is 0.372. The second-order valence-electron chi connectivity index (χ2n) is 4.39. The van der Waals surface area contributed by atoms with E-state index in [1.165, 1.54) is 29.8 Å². The van der Waals surface area contributed by atoms with Gasteiger partial charge in [0.1, 0.15) is 0 Å². The molecule has 0 aromatic heterocycles. The third-order valence-corrected chi connectivity index (χ3v) is 5.53. The normalized spacial score (nSPS) is 15.2. The van der Waals surface area contributed by atoms with Crippen molar-refractivity contribution in [2.75, 3.05) is 0 Å². The van der Waals surface area contributed by atoms with E-state index >= 15 is 0 Å². The maximum atomic E-state index is 12.3. The van der Waals surface area contributed by atoms with Crippen LogP contribution in [0.15, 0.2) is 46.0 Å². The van der Waals surface area contributed by atoms with Gasteiger partial charge in [-0.05, 0) is 0 Å². The summed E-state index contributed by atoms with van der Waals surface area (Å²) in [6.07, 6.45) is 1.95. The molecule has 1 aromatic rings. The number of hydrogen-bond donors (Lipinski definition) is 0. The topological polar surface area (TPSA) is 60.2 Å². The van der Waals surface area contributed by atoms with Gasteiger partial charge in [0.15, 0.2) is 0 Å². The molecule has 0 bridgehead atoms. The first-order chi connectivity index (χ1) is 8.99. The van der Waals surface area contributed by atoms with Crippen molar-refractivity contribution in [1.29, 1.82) is 0 Å². The van der Waals surface area contributed by atoms with Crippen LogP contribution in [0.4, 0.5) is 5.69 Å².